The number of non-ortho nitro benzene ring substituents is 1. The summed E-state index contributed by atoms with van der Waals surface area (Å²) in [5.74, 6) is 4.30. The van der Waals surface area contributed by atoms with E-state index in [9.17, 15) is 19.7 Å². The van der Waals surface area contributed by atoms with Gasteiger partial charge >= 0.3 is 6.03 Å². The standard InChI is InChI=1S/C11H9N5O4/c12-15-9-8(10(17)14-11(18)13-9)5-6-2-1-3-7(4-6)16(19)20/h1-5H,12H2,(H2,13,14,15,17,18). The van der Waals surface area contributed by atoms with E-state index in [1.165, 1.54) is 24.3 Å². The van der Waals surface area contributed by atoms with Crippen LogP contribution in [0.25, 0.3) is 6.08 Å². The molecule has 2 rings (SSSR count). The van der Waals surface area contributed by atoms with Crippen molar-refractivity contribution in [1.82, 2.24) is 10.6 Å². The fourth-order valence-electron chi connectivity index (χ4n) is 1.61. The number of nitro benzene ring substituents is 1. The number of nitrogens with zero attached hydrogens (tertiary/aromatic N) is 2. The van der Waals surface area contributed by atoms with Gasteiger partial charge in [-0.2, -0.15) is 5.10 Å². The predicted molar refractivity (Wildman–Crippen MR) is 69.4 cm³/mol. The molecule has 9 nitrogen and oxygen atoms in total. The first-order valence-electron chi connectivity index (χ1n) is 5.38. The van der Waals surface area contributed by atoms with Crippen LogP contribution in [-0.4, -0.2) is 22.7 Å². The van der Waals surface area contributed by atoms with Gasteiger partial charge in [-0.1, -0.05) is 12.1 Å². The Morgan fingerprint density at radius 3 is 2.70 bits per heavy atom. The highest BCUT2D eigenvalue weighted by atomic mass is 16.6. The van der Waals surface area contributed by atoms with Crippen molar-refractivity contribution in [3.63, 3.8) is 0 Å². The molecule has 4 N–H and O–H groups in total. The fourth-order valence-corrected chi connectivity index (χ4v) is 1.61. The number of nitrogens with one attached hydrogen (secondary N) is 2. The van der Waals surface area contributed by atoms with Gasteiger partial charge in [-0.05, 0) is 11.6 Å². The Hall–Kier alpha value is -3.23. The number of imide groups is 1. The van der Waals surface area contributed by atoms with E-state index >= 15 is 0 Å². The highest BCUT2D eigenvalue weighted by Gasteiger charge is 2.26. The van der Waals surface area contributed by atoms with Gasteiger partial charge in [-0.25, -0.2) is 4.79 Å². The topological polar surface area (TPSA) is 140 Å². The molecule has 0 atom stereocenters. The van der Waals surface area contributed by atoms with E-state index in [0.29, 0.717) is 5.56 Å². The number of carbonyl (C=O) groups excluding carboxylic acids is 2. The molecule has 1 aromatic carbocycles. The SMILES string of the molecule is N/N=C1\NC(=O)NC(=O)C1=Cc1cccc([N+](=O)[O-])c1. The smallest absolute Gasteiger partial charge is 0.321 e. The molecule has 1 aliphatic heterocycles. The Labute approximate surface area is 112 Å². The summed E-state index contributed by atoms with van der Waals surface area (Å²) in [4.78, 5) is 32.9. The van der Waals surface area contributed by atoms with Gasteiger partial charge in [0, 0.05) is 12.1 Å². The van der Waals surface area contributed by atoms with Gasteiger partial charge in [-0.3, -0.25) is 25.5 Å². The van der Waals surface area contributed by atoms with Gasteiger partial charge in [0.1, 0.15) is 0 Å². The number of carbonyl (C=O) groups is 2. The van der Waals surface area contributed by atoms with Crippen LogP contribution in [0.5, 0.6) is 0 Å². The zero-order valence-corrected chi connectivity index (χ0v) is 9.99. The maximum absolute atomic E-state index is 11.7. The second-order valence-corrected chi connectivity index (χ2v) is 3.80. The van der Waals surface area contributed by atoms with Gasteiger partial charge < -0.3 is 5.84 Å². The number of benzene rings is 1. The summed E-state index contributed by atoms with van der Waals surface area (Å²) in [7, 11) is 0. The summed E-state index contributed by atoms with van der Waals surface area (Å²) in [5.41, 5.74) is 0.292. The number of rotatable bonds is 2. The molecular weight excluding hydrogens is 266 g/mol. The maximum Gasteiger partial charge on any atom is 0.327 e. The summed E-state index contributed by atoms with van der Waals surface area (Å²) in [5, 5.41) is 18.3. The lowest BCUT2D eigenvalue weighted by Gasteiger charge is -2.16. The molecule has 0 aliphatic carbocycles. The zero-order valence-electron chi connectivity index (χ0n) is 9.99. The molecule has 0 spiro atoms. The molecule has 102 valence electrons. The molecular formula is C11H9N5O4. The van der Waals surface area contributed by atoms with E-state index in [1.807, 2.05) is 5.32 Å². The van der Waals surface area contributed by atoms with Crippen LogP contribution in [0.2, 0.25) is 0 Å². The van der Waals surface area contributed by atoms with Gasteiger partial charge in [0.15, 0.2) is 5.84 Å². The Morgan fingerprint density at radius 2 is 2.05 bits per heavy atom. The lowest BCUT2D eigenvalue weighted by atomic mass is 10.1. The van der Waals surface area contributed by atoms with Crippen LogP contribution in [0.1, 0.15) is 5.56 Å². The number of urea groups is 1. The molecule has 1 heterocycles. The zero-order chi connectivity index (χ0) is 14.7. The van der Waals surface area contributed by atoms with Crippen molar-refractivity contribution in [2.24, 2.45) is 10.9 Å². The lowest BCUT2D eigenvalue weighted by Crippen LogP contribution is -2.51. The summed E-state index contributed by atoms with van der Waals surface area (Å²) in [6.45, 7) is 0. The summed E-state index contributed by atoms with van der Waals surface area (Å²) in [6, 6.07) is 4.91. The minimum absolute atomic E-state index is 0.00704. The number of nitro groups is 1. The van der Waals surface area contributed by atoms with Crippen molar-refractivity contribution in [1.29, 1.82) is 0 Å². The number of amidine groups is 1. The third kappa shape index (κ3) is 2.61. The van der Waals surface area contributed by atoms with Gasteiger partial charge in [0.05, 0.1) is 10.5 Å². The molecule has 0 bridgehead atoms. The molecule has 3 amide bonds. The highest BCUT2D eigenvalue weighted by molar-refractivity contribution is 6.32. The number of hydrogen-bond acceptors (Lipinski definition) is 6. The first-order chi connectivity index (χ1) is 9.51. The maximum atomic E-state index is 11.7. The third-order valence-electron chi connectivity index (χ3n) is 2.48. The average Bonchev–Trinajstić information content (AvgIpc) is 2.41. The quantitative estimate of drug-likeness (QED) is 0.303. The molecule has 0 radical (unpaired) electrons. The van der Waals surface area contributed by atoms with Crippen LogP contribution in [-0.2, 0) is 4.79 Å². The first-order valence-corrected chi connectivity index (χ1v) is 5.38. The molecule has 1 aliphatic rings. The average molecular weight is 275 g/mol. The van der Waals surface area contributed by atoms with E-state index in [-0.39, 0.29) is 17.1 Å². The van der Waals surface area contributed by atoms with Crippen molar-refractivity contribution in [3.05, 3.63) is 45.5 Å². The molecule has 0 aromatic heterocycles. The molecule has 9 heteroatoms. The van der Waals surface area contributed by atoms with Crippen LogP contribution in [0.15, 0.2) is 34.9 Å². The van der Waals surface area contributed by atoms with Crippen LogP contribution in [0.4, 0.5) is 10.5 Å². The van der Waals surface area contributed by atoms with Crippen LogP contribution < -0.4 is 16.5 Å². The van der Waals surface area contributed by atoms with E-state index in [4.69, 9.17) is 5.84 Å². The van der Waals surface area contributed by atoms with Crippen LogP contribution >= 0.6 is 0 Å². The molecule has 20 heavy (non-hydrogen) atoms. The van der Waals surface area contributed by atoms with E-state index < -0.39 is 16.9 Å². The predicted octanol–water partition coefficient (Wildman–Crippen LogP) is 0.0898. The molecule has 1 fully saturated rings. The molecule has 1 saturated heterocycles. The van der Waals surface area contributed by atoms with Crippen molar-refractivity contribution in [2.45, 2.75) is 0 Å². The normalized spacial score (nSPS) is 18.8. The summed E-state index contributed by atoms with van der Waals surface area (Å²) < 4.78 is 0. The Morgan fingerprint density at radius 1 is 1.30 bits per heavy atom. The number of hydrogen-bond donors (Lipinski definition) is 3. The largest absolute Gasteiger partial charge is 0.327 e. The molecule has 0 saturated carbocycles. The van der Waals surface area contributed by atoms with E-state index in [0.717, 1.165) is 0 Å². The van der Waals surface area contributed by atoms with Crippen molar-refractivity contribution in [2.75, 3.05) is 0 Å². The van der Waals surface area contributed by atoms with Crippen LogP contribution in [0, 0.1) is 10.1 Å². The Balaban J connectivity index is 2.43. The Bertz CT molecular complexity index is 665. The highest BCUT2D eigenvalue weighted by Crippen LogP contribution is 2.16. The van der Waals surface area contributed by atoms with Crippen molar-refractivity contribution in [3.8, 4) is 0 Å². The number of amides is 3. The monoisotopic (exact) mass is 275 g/mol. The Kier molecular flexibility index (Phi) is 3.42. The van der Waals surface area contributed by atoms with Crippen molar-refractivity contribution >= 4 is 29.5 Å². The minimum atomic E-state index is -0.740. The summed E-state index contributed by atoms with van der Waals surface area (Å²) in [6.07, 6.45) is 1.34. The second-order valence-electron chi connectivity index (χ2n) is 3.80. The van der Waals surface area contributed by atoms with Crippen LogP contribution in [0.3, 0.4) is 0 Å². The molecule has 1 aromatic rings. The van der Waals surface area contributed by atoms with Crippen molar-refractivity contribution < 1.29 is 14.5 Å². The number of nitrogens with two attached hydrogens (primary N) is 1. The number of hydrazone groups is 1. The third-order valence-corrected chi connectivity index (χ3v) is 2.48. The molecule has 0 unspecified atom stereocenters. The van der Waals surface area contributed by atoms with E-state index in [2.05, 4.69) is 10.4 Å². The summed E-state index contributed by atoms with van der Waals surface area (Å²) >= 11 is 0. The van der Waals surface area contributed by atoms with Gasteiger partial charge in [-0.15, -0.1) is 0 Å². The van der Waals surface area contributed by atoms with Gasteiger partial charge in [0.2, 0.25) is 0 Å². The van der Waals surface area contributed by atoms with E-state index in [1.54, 1.807) is 6.07 Å². The fraction of sp³-hybridized carbons (Fsp3) is 0. The van der Waals surface area contributed by atoms with Gasteiger partial charge in [0.25, 0.3) is 11.6 Å². The minimum Gasteiger partial charge on any atom is -0.321 e. The lowest BCUT2D eigenvalue weighted by molar-refractivity contribution is -0.384. The second kappa shape index (κ2) is 5.18. The first kappa shape index (κ1) is 13.2.